The maximum absolute atomic E-state index is 12.7. The summed E-state index contributed by atoms with van der Waals surface area (Å²) in [5.41, 5.74) is -3.10. The van der Waals surface area contributed by atoms with Crippen LogP contribution in [0.3, 0.4) is 0 Å². The van der Waals surface area contributed by atoms with Gasteiger partial charge in [-0.25, -0.2) is 9.59 Å². The van der Waals surface area contributed by atoms with Crippen molar-refractivity contribution >= 4 is 53.7 Å². The van der Waals surface area contributed by atoms with Gasteiger partial charge in [0.15, 0.2) is 5.41 Å². The van der Waals surface area contributed by atoms with E-state index in [1.165, 1.54) is 12.5 Å². The van der Waals surface area contributed by atoms with E-state index in [9.17, 15) is 56.3 Å². The van der Waals surface area contributed by atoms with Gasteiger partial charge in [-0.1, -0.05) is 85.6 Å². The van der Waals surface area contributed by atoms with Crippen LogP contribution in [0, 0.1) is 99.1 Å². The monoisotopic (exact) mass is 1150 g/mol. The molecule has 82 heavy (non-hydrogen) atoms. The van der Waals surface area contributed by atoms with Crippen LogP contribution in [-0.4, -0.2) is 107 Å². The smallest absolute Gasteiger partial charge is 0.405 e. The molecule has 18 nitrogen and oxygen atoms in total. The zero-order valence-electron chi connectivity index (χ0n) is 45.9. The van der Waals surface area contributed by atoms with Crippen LogP contribution in [0.2, 0.25) is 0 Å². The number of halogens is 3. The molecule has 5 fully saturated rings. The molecule has 448 valence electrons. The number of esters is 1. The highest BCUT2D eigenvalue weighted by molar-refractivity contribution is 5.89. The highest BCUT2D eigenvalue weighted by Gasteiger charge is 2.69. The molecule has 0 aliphatic heterocycles. The van der Waals surface area contributed by atoms with Crippen molar-refractivity contribution in [1.82, 2.24) is 0 Å². The zero-order chi connectivity index (χ0) is 60.6. The van der Waals surface area contributed by atoms with Crippen molar-refractivity contribution in [3.8, 4) is 0 Å². The van der Waals surface area contributed by atoms with E-state index in [2.05, 4.69) is 53.8 Å². The number of carboxylic acid groups (broad SMARTS) is 8. The van der Waals surface area contributed by atoms with Crippen molar-refractivity contribution in [2.75, 3.05) is 6.61 Å². The van der Waals surface area contributed by atoms with E-state index < -0.39 is 82.1 Å². The number of fused-ring (bicyclic) bond motifs is 12. The molecule has 12 rings (SSSR count). The lowest BCUT2D eigenvalue weighted by atomic mass is 9.73. The second-order valence-corrected chi connectivity index (χ2v) is 24.2. The summed E-state index contributed by atoms with van der Waals surface area (Å²) in [6.07, 6.45) is 30.1. The van der Waals surface area contributed by atoms with Crippen molar-refractivity contribution in [2.24, 2.45) is 99.1 Å². The summed E-state index contributed by atoms with van der Waals surface area (Å²) in [6.45, 7) is 6.92. The van der Waals surface area contributed by atoms with Gasteiger partial charge in [0.05, 0.1) is 29.8 Å². The standard InChI is InChI=1S/C10H12O4.C9H9F3O2.2C9H12O2.C8H12O4.C8H10O2.C8H8O2/c11-8(12)5-10(9(13)14)4-6-1-2-7(10)3-6;10-9(11,12)8(7(13)14)4-5-1-2-6(8)3-5;1-9(8(10)11)5-6-2-3-7(9)4-6;10-9(11)5-8-4-6-1-2-7(8)3-6;1-6(2)8(11)12-5-3-4-7(9)10;2*9-8(10)7-4-5-1-2-6(7)3-5/h1-2,6-7H,3-5H2,(H,11,12)(H,13,14);1-2,5-6H,3-4H2,(H,13,14);2-3,6-7H,4-5H2,1H3,(H,10,11);1-2,6-8H,3-5H2,(H,10,11);1,3-5H2,2H3,(H,9,10);1-2,5-7H,3-4H2,(H,9,10);1-2,4-6H,3H2,(H,9,10). The molecule has 17 unspecified atom stereocenters. The van der Waals surface area contributed by atoms with E-state index in [4.69, 9.17) is 40.9 Å². The number of ether oxygens (including phenoxy) is 1. The summed E-state index contributed by atoms with van der Waals surface area (Å²) in [6, 6.07) is 0. The van der Waals surface area contributed by atoms with Crippen LogP contribution in [0.25, 0.3) is 0 Å². The second kappa shape index (κ2) is 26.5. The van der Waals surface area contributed by atoms with Crippen molar-refractivity contribution < 1.29 is 102 Å². The molecule has 0 aromatic rings. The van der Waals surface area contributed by atoms with Crippen LogP contribution in [0.4, 0.5) is 13.2 Å². The number of carbonyl (C=O) groups is 9. The number of hydrogen-bond acceptors (Lipinski definition) is 10. The van der Waals surface area contributed by atoms with E-state index in [0.29, 0.717) is 84.2 Å². The van der Waals surface area contributed by atoms with Crippen molar-refractivity contribution in [2.45, 2.75) is 116 Å². The lowest BCUT2D eigenvalue weighted by Gasteiger charge is -2.32. The minimum atomic E-state index is -4.65. The molecule has 0 aromatic carbocycles. The molecule has 12 aliphatic carbocycles. The van der Waals surface area contributed by atoms with Crippen molar-refractivity contribution in [3.05, 3.63) is 96.7 Å². The average molecular weight is 1150 g/mol. The summed E-state index contributed by atoms with van der Waals surface area (Å²) in [4.78, 5) is 95.7. The van der Waals surface area contributed by atoms with E-state index in [0.717, 1.165) is 44.9 Å². The highest BCUT2D eigenvalue weighted by atomic mass is 19.4. The Morgan fingerprint density at radius 1 is 0.585 bits per heavy atom. The number of aliphatic carboxylic acids is 8. The van der Waals surface area contributed by atoms with E-state index in [1.54, 1.807) is 13.0 Å². The normalized spacial score (nSPS) is 35.9. The number of allylic oxidation sites excluding steroid dienone is 13. The maximum atomic E-state index is 12.7. The third-order valence-electron chi connectivity index (χ3n) is 18.6. The van der Waals surface area contributed by atoms with Gasteiger partial charge in [-0.15, -0.1) is 0 Å². The van der Waals surface area contributed by atoms with Gasteiger partial charge >= 0.3 is 59.9 Å². The van der Waals surface area contributed by atoms with E-state index >= 15 is 0 Å². The van der Waals surface area contributed by atoms with Crippen LogP contribution in [0.1, 0.15) is 110 Å². The quantitative estimate of drug-likeness (QED) is 0.0347. The predicted molar refractivity (Wildman–Crippen MR) is 287 cm³/mol. The van der Waals surface area contributed by atoms with Gasteiger partial charge in [0.25, 0.3) is 0 Å². The molecule has 0 amide bonds. The lowest BCUT2D eigenvalue weighted by molar-refractivity contribution is -0.238. The zero-order valence-corrected chi connectivity index (χ0v) is 45.9. The summed E-state index contributed by atoms with van der Waals surface area (Å²) in [5, 5.41) is 69.7. The second-order valence-electron chi connectivity index (χ2n) is 24.2. The minimum Gasteiger partial charge on any atom is -0.481 e. The summed E-state index contributed by atoms with van der Waals surface area (Å²) in [5.74, 6) is -4.58. The molecule has 12 bridgehead atoms. The molecule has 21 heteroatoms. The Labute approximate surface area is 473 Å². The molecule has 0 saturated heterocycles. The maximum Gasteiger partial charge on any atom is 0.405 e. The molecule has 12 aliphatic rings. The van der Waals surface area contributed by atoms with Crippen LogP contribution >= 0.6 is 0 Å². The molecule has 5 saturated carbocycles. The topological polar surface area (TPSA) is 325 Å². The predicted octanol–water partition coefficient (Wildman–Crippen LogP) is 10.1. The Bertz CT molecular complexity index is 2710. The SMILES string of the molecule is C=C(C)C(=O)OCCCC(=O)O.CC1(C(=O)O)CC2C=CC1C2.O=C(O)C1(C(F)(F)F)CC2C=CC1C2.O=C(O)C1=CC2C=CC1C2.O=C(O)C1CC2C=CC1C2.O=C(O)CC1(C(=O)O)CC2C=CC1C2.O=C(O)CC1CC2C=CC1C2. The number of hydrogen-bond donors (Lipinski definition) is 8. The molecular formula is C61H75F3O18. The first-order valence-corrected chi connectivity index (χ1v) is 27.9. The van der Waals surface area contributed by atoms with Gasteiger partial charge in [-0.05, 0) is 156 Å². The highest BCUT2D eigenvalue weighted by Crippen LogP contribution is 2.60. The summed E-state index contributed by atoms with van der Waals surface area (Å²) in [7, 11) is 0. The largest absolute Gasteiger partial charge is 0.481 e. The Morgan fingerprint density at radius 2 is 1.15 bits per heavy atom. The van der Waals surface area contributed by atoms with E-state index in [-0.39, 0.29) is 55.5 Å². The third-order valence-corrected chi connectivity index (χ3v) is 18.6. The van der Waals surface area contributed by atoms with Crippen LogP contribution in [0.5, 0.6) is 0 Å². The van der Waals surface area contributed by atoms with Crippen molar-refractivity contribution in [1.29, 1.82) is 0 Å². The fraction of sp³-hybridized carbons (Fsp3) is 0.590. The molecule has 0 radical (unpaired) electrons. The number of alkyl halides is 3. The van der Waals surface area contributed by atoms with E-state index in [1.807, 2.05) is 31.2 Å². The molecule has 0 aromatic heterocycles. The molecule has 17 atom stereocenters. The number of rotatable bonds is 14. The first-order valence-electron chi connectivity index (χ1n) is 27.9. The molecule has 0 spiro atoms. The minimum absolute atomic E-state index is 0.0173. The first-order chi connectivity index (χ1) is 38.4. The fourth-order valence-corrected chi connectivity index (χ4v) is 14.2. The molecular weight excluding hydrogens is 1080 g/mol. The average Bonchev–Trinajstić information content (AvgIpc) is 2.37. The molecule has 0 heterocycles. The van der Waals surface area contributed by atoms with Crippen molar-refractivity contribution in [3.63, 3.8) is 0 Å². The number of carbonyl (C=O) groups excluding carboxylic acids is 1. The van der Waals surface area contributed by atoms with Crippen LogP contribution in [-0.2, 0) is 47.9 Å². The Balaban J connectivity index is 0.000000154. The fourth-order valence-electron chi connectivity index (χ4n) is 14.2. The van der Waals surface area contributed by atoms with Gasteiger partial charge in [-0.3, -0.25) is 33.6 Å². The Hall–Kier alpha value is -7.06. The van der Waals surface area contributed by atoms with Gasteiger partial charge in [0.1, 0.15) is 0 Å². The number of carboxylic acids is 8. The van der Waals surface area contributed by atoms with Crippen LogP contribution < -0.4 is 0 Å². The van der Waals surface area contributed by atoms with Gasteiger partial charge < -0.3 is 45.6 Å². The third kappa shape index (κ3) is 14.9. The van der Waals surface area contributed by atoms with Gasteiger partial charge in [0, 0.05) is 35.8 Å². The summed E-state index contributed by atoms with van der Waals surface area (Å²) >= 11 is 0. The van der Waals surface area contributed by atoms with Crippen LogP contribution in [0.15, 0.2) is 96.7 Å². The Morgan fingerprint density at radius 3 is 1.44 bits per heavy atom. The lowest BCUT2D eigenvalue weighted by Crippen LogP contribution is -2.48. The Kier molecular flexibility index (Phi) is 20.7. The van der Waals surface area contributed by atoms with Gasteiger partial charge in [-0.2, -0.15) is 13.2 Å². The van der Waals surface area contributed by atoms with Gasteiger partial charge in [0.2, 0.25) is 0 Å². The summed E-state index contributed by atoms with van der Waals surface area (Å²) < 4.78 is 42.8. The first kappa shape index (κ1) is 64.1. The molecule has 8 N–H and O–H groups in total.